The molecule has 29 heavy (non-hydrogen) atoms. The standard InChI is InChI=1S/C23H22N2O3S/c1-14-6-7-15-8-10-17(23(26)21(15)24-14)22(20-5-4-12-29-20)25-16-9-11-18(27-2)19(13-16)28-3/h4-13,22,25-26H,1-3H3. The molecular weight excluding hydrogens is 384 g/mol. The average Bonchev–Trinajstić information content (AvgIpc) is 3.27. The van der Waals surface area contributed by atoms with Gasteiger partial charge < -0.3 is 19.9 Å². The number of aromatic nitrogens is 1. The average molecular weight is 407 g/mol. The fourth-order valence-electron chi connectivity index (χ4n) is 3.37. The van der Waals surface area contributed by atoms with E-state index in [-0.39, 0.29) is 11.8 Å². The number of hydrogen-bond acceptors (Lipinski definition) is 6. The van der Waals surface area contributed by atoms with E-state index in [0.717, 1.165) is 27.2 Å². The minimum Gasteiger partial charge on any atom is -0.505 e. The molecule has 1 unspecified atom stereocenters. The van der Waals surface area contributed by atoms with Gasteiger partial charge in [-0.2, -0.15) is 0 Å². The van der Waals surface area contributed by atoms with Gasteiger partial charge in [0, 0.05) is 33.3 Å². The Balaban J connectivity index is 1.80. The van der Waals surface area contributed by atoms with Gasteiger partial charge in [-0.3, -0.25) is 0 Å². The SMILES string of the molecule is COc1ccc(NC(c2cccs2)c2ccc3ccc(C)nc3c2O)cc1OC. The number of hydrogen-bond donors (Lipinski definition) is 2. The number of pyridine rings is 1. The van der Waals surface area contributed by atoms with Crippen molar-refractivity contribution in [1.82, 2.24) is 4.98 Å². The summed E-state index contributed by atoms with van der Waals surface area (Å²) in [5, 5.41) is 17.5. The van der Waals surface area contributed by atoms with E-state index in [1.54, 1.807) is 25.6 Å². The van der Waals surface area contributed by atoms with Gasteiger partial charge in [-0.05, 0) is 36.6 Å². The Morgan fingerprint density at radius 3 is 2.52 bits per heavy atom. The Hall–Kier alpha value is -3.25. The maximum Gasteiger partial charge on any atom is 0.162 e. The molecule has 4 rings (SSSR count). The van der Waals surface area contributed by atoms with Crippen LogP contribution in [-0.4, -0.2) is 24.3 Å². The molecule has 2 heterocycles. The molecule has 0 aliphatic carbocycles. The number of nitrogens with zero attached hydrogens (tertiary/aromatic N) is 1. The van der Waals surface area contributed by atoms with Crippen molar-refractivity contribution in [2.45, 2.75) is 13.0 Å². The lowest BCUT2D eigenvalue weighted by molar-refractivity contribution is 0.355. The second kappa shape index (κ2) is 8.01. The molecule has 0 aliphatic rings. The van der Waals surface area contributed by atoms with E-state index >= 15 is 0 Å². The first-order valence-corrected chi connectivity index (χ1v) is 10.1. The monoisotopic (exact) mass is 406 g/mol. The van der Waals surface area contributed by atoms with Crippen LogP contribution in [-0.2, 0) is 0 Å². The van der Waals surface area contributed by atoms with E-state index in [4.69, 9.17) is 9.47 Å². The van der Waals surface area contributed by atoms with Gasteiger partial charge in [0.1, 0.15) is 11.3 Å². The van der Waals surface area contributed by atoms with Crippen molar-refractivity contribution in [1.29, 1.82) is 0 Å². The topological polar surface area (TPSA) is 63.6 Å². The predicted octanol–water partition coefficient (Wildman–Crippen LogP) is 5.53. The van der Waals surface area contributed by atoms with E-state index in [9.17, 15) is 5.11 Å². The van der Waals surface area contributed by atoms with Crippen LogP contribution in [0, 0.1) is 6.92 Å². The lowest BCUT2D eigenvalue weighted by Gasteiger charge is -2.22. The van der Waals surface area contributed by atoms with Crippen LogP contribution in [0.4, 0.5) is 5.69 Å². The number of anilines is 1. The number of ether oxygens (including phenoxy) is 2. The van der Waals surface area contributed by atoms with Crippen LogP contribution >= 0.6 is 11.3 Å². The number of fused-ring (bicyclic) bond motifs is 1. The summed E-state index contributed by atoms with van der Waals surface area (Å²) in [7, 11) is 3.23. The van der Waals surface area contributed by atoms with E-state index in [0.29, 0.717) is 17.0 Å². The largest absolute Gasteiger partial charge is 0.505 e. The van der Waals surface area contributed by atoms with Crippen LogP contribution in [0.3, 0.4) is 0 Å². The summed E-state index contributed by atoms with van der Waals surface area (Å²) in [5.41, 5.74) is 3.11. The zero-order valence-corrected chi connectivity index (χ0v) is 17.3. The minimum atomic E-state index is -0.236. The lowest BCUT2D eigenvalue weighted by atomic mass is 10.0. The van der Waals surface area contributed by atoms with E-state index < -0.39 is 0 Å². The number of benzene rings is 2. The van der Waals surface area contributed by atoms with Gasteiger partial charge in [0.15, 0.2) is 11.5 Å². The van der Waals surface area contributed by atoms with Crippen LogP contribution in [0.15, 0.2) is 60.0 Å². The number of phenols is 1. The van der Waals surface area contributed by atoms with Crippen molar-refractivity contribution in [3.05, 3.63) is 76.1 Å². The summed E-state index contributed by atoms with van der Waals surface area (Å²) in [5.74, 6) is 1.50. The molecule has 2 N–H and O–H groups in total. The van der Waals surface area contributed by atoms with Crippen molar-refractivity contribution in [2.24, 2.45) is 0 Å². The molecule has 4 aromatic rings. The molecule has 148 valence electrons. The zero-order valence-electron chi connectivity index (χ0n) is 16.5. The molecule has 2 aromatic heterocycles. The number of methoxy groups -OCH3 is 2. The highest BCUT2D eigenvalue weighted by Gasteiger charge is 2.21. The van der Waals surface area contributed by atoms with Crippen LogP contribution in [0.5, 0.6) is 17.2 Å². The number of phenolic OH excluding ortho intramolecular Hbond substituents is 1. The first-order chi connectivity index (χ1) is 14.1. The molecule has 2 aromatic carbocycles. The molecule has 0 fully saturated rings. The summed E-state index contributed by atoms with van der Waals surface area (Å²) in [6.45, 7) is 1.92. The maximum absolute atomic E-state index is 11.1. The molecule has 6 heteroatoms. The van der Waals surface area contributed by atoms with E-state index in [2.05, 4.69) is 16.4 Å². The van der Waals surface area contributed by atoms with Crippen molar-refractivity contribution in [3.63, 3.8) is 0 Å². The third-order valence-electron chi connectivity index (χ3n) is 4.84. The van der Waals surface area contributed by atoms with Crippen molar-refractivity contribution in [3.8, 4) is 17.2 Å². The lowest BCUT2D eigenvalue weighted by Crippen LogP contribution is -2.12. The molecule has 0 spiro atoms. The highest BCUT2D eigenvalue weighted by Crippen LogP contribution is 2.39. The van der Waals surface area contributed by atoms with Gasteiger partial charge in [-0.1, -0.05) is 24.3 Å². The quantitative estimate of drug-likeness (QED) is 0.441. The summed E-state index contributed by atoms with van der Waals surface area (Å²) >= 11 is 1.63. The summed E-state index contributed by atoms with van der Waals surface area (Å²) in [4.78, 5) is 5.63. The predicted molar refractivity (Wildman–Crippen MR) is 117 cm³/mol. The van der Waals surface area contributed by atoms with Gasteiger partial charge in [0.05, 0.1) is 20.3 Å². The van der Waals surface area contributed by atoms with Gasteiger partial charge in [0.25, 0.3) is 0 Å². The molecule has 5 nitrogen and oxygen atoms in total. The van der Waals surface area contributed by atoms with Crippen LogP contribution < -0.4 is 14.8 Å². The second-order valence-corrected chi connectivity index (χ2v) is 7.67. The fraction of sp³-hybridized carbons (Fsp3) is 0.174. The summed E-state index contributed by atoms with van der Waals surface area (Å²) < 4.78 is 10.8. The highest BCUT2D eigenvalue weighted by molar-refractivity contribution is 7.10. The smallest absolute Gasteiger partial charge is 0.162 e. The van der Waals surface area contributed by atoms with Gasteiger partial charge >= 0.3 is 0 Å². The van der Waals surface area contributed by atoms with Crippen molar-refractivity contribution >= 4 is 27.9 Å². The van der Waals surface area contributed by atoms with E-state index in [1.807, 2.05) is 60.8 Å². The zero-order chi connectivity index (χ0) is 20.4. The van der Waals surface area contributed by atoms with Crippen LogP contribution in [0.1, 0.15) is 22.2 Å². The molecule has 0 aliphatic heterocycles. The summed E-state index contributed by atoms with van der Waals surface area (Å²) in [6.07, 6.45) is 0. The Bertz CT molecular complexity index is 1140. The second-order valence-electron chi connectivity index (χ2n) is 6.69. The number of rotatable bonds is 6. The number of aromatic hydroxyl groups is 1. The molecule has 0 saturated heterocycles. The van der Waals surface area contributed by atoms with Gasteiger partial charge in [-0.15, -0.1) is 11.3 Å². The Kier molecular flexibility index (Phi) is 5.27. The van der Waals surface area contributed by atoms with Crippen molar-refractivity contribution < 1.29 is 14.6 Å². The molecule has 0 saturated carbocycles. The maximum atomic E-state index is 11.1. The first-order valence-electron chi connectivity index (χ1n) is 9.22. The molecule has 0 radical (unpaired) electrons. The Labute approximate surface area is 173 Å². The van der Waals surface area contributed by atoms with Gasteiger partial charge in [-0.25, -0.2) is 4.98 Å². The van der Waals surface area contributed by atoms with Crippen LogP contribution in [0.2, 0.25) is 0 Å². The Morgan fingerprint density at radius 2 is 1.79 bits per heavy atom. The number of nitrogens with one attached hydrogen (secondary N) is 1. The third kappa shape index (κ3) is 3.71. The fourth-order valence-corrected chi connectivity index (χ4v) is 4.16. The highest BCUT2D eigenvalue weighted by atomic mass is 32.1. The summed E-state index contributed by atoms with van der Waals surface area (Å²) in [6, 6.07) is 17.4. The normalized spacial score (nSPS) is 12.0. The van der Waals surface area contributed by atoms with Gasteiger partial charge in [0.2, 0.25) is 0 Å². The molecule has 0 amide bonds. The van der Waals surface area contributed by atoms with Crippen molar-refractivity contribution in [2.75, 3.05) is 19.5 Å². The molecular formula is C23H22N2O3S. The van der Waals surface area contributed by atoms with Crippen LogP contribution in [0.25, 0.3) is 10.9 Å². The molecule has 1 atom stereocenters. The number of thiophene rings is 1. The van der Waals surface area contributed by atoms with E-state index in [1.165, 1.54) is 0 Å². The first kappa shape index (κ1) is 19.1. The third-order valence-corrected chi connectivity index (χ3v) is 5.78. The minimum absolute atomic E-state index is 0.192. The Morgan fingerprint density at radius 1 is 1.00 bits per heavy atom. The molecule has 0 bridgehead atoms. The number of aryl methyl sites for hydroxylation is 1.